The molecule has 0 amide bonds. The maximum Gasteiger partial charge on any atom is 0.0127 e. The van der Waals surface area contributed by atoms with Crippen LogP contribution in [0.1, 0.15) is 47.5 Å². The van der Waals surface area contributed by atoms with Gasteiger partial charge in [0.2, 0.25) is 0 Å². The molecule has 0 aromatic heterocycles. The van der Waals surface area contributed by atoms with Gasteiger partial charge in [-0.05, 0) is 39.2 Å². The number of hydrogen-bond donors (Lipinski definition) is 1. The topological polar surface area (TPSA) is 12.0 Å². The first-order valence-electron chi connectivity index (χ1n) is 4.73. The van der Waals surface area contributed by atoms with E-state index in [2.05, 4.69) is 39.9 Å². The van der Waals surface area contributed by atoms with E-state index in [9.17, 15) is 0 Å². The van der Waals surface area contributed by atoms with E-state index in [1.54, 1.807) is 0 Å². The van der Waals surface area contributed by atoms with Crippen LogP contribution in [0.15, 0.2) is 0 Å². The quantitative estimate of drug-likeness (QED) is 0.647. The maximum absolute atomic E-state index is 3.54. The van der Waals surface area contributed by atoms with Crippen LogP contribution in [0, 0.1) is 5.92 Å². The fourth-order valence-corrected chi connectivity index (χ4v) is 1.56. The third-order valence-electron chi connectivity index (χ3n) is 1.77. The molecular formula is C10H23N. The summed E-state index contributed by atoms with van der Waals surface area (Å²) in [6.07, 6.45) is 2.48. The van der Waals surface area contributed by atoms with Gasteiger partial charge in [0, 0.05) is 5.54 Å². The van der Waals surface area contributed by atoms with Gasteiger partial charge in [0.1, 0.15) is 0 Å². The predicted octanol–water partition coefficient (Wildman–Crippen LogP) is 2.81. The van der Waals surface area contributed by atoms with Gasteiger partial charge in [-0.15, -0.1) is 0 Å². The summed E-state index contributed by atoms with van der Waals surface area (Å²) in [4.78, 5) is 0. The molecule has 0 aliphatic carbocycles. The molecule has 68 valence electrons. The molecule has 0 fully saturated rings. The Morgan fingerprint density at radius 3 is 2.18 bits per heavy atom. The summed E-state index contributed by atoms with van der Waals surface area (Å²) in [6, 6.07) is 0. The smallest absolute Gasteiger partial charge is 0.0127 e. The highest BCUT2D eigenvalue weighted by Gasteiger charge is 2.17. The standard InChI is InChI=1S/C10H23N/c1-6-7-11-10(4,5)8-9(2)3/h9,11H,6-8H2,1-5H3. The summed E-state index contributed by atoms with van der Waals surface area (Å²) in [7, 11) is 0. The summed E-state index contributed by atoms with van der Waals surface area (Å²) in [6.45, 7) is 12.5. The second-order valence-corrected chi connectivity index (χ2v) is 4.41. The molecule has 0 atom stereocenters. The van der Waals surface area contributed by atoms with Gasteiger partial charge in [0.15, 0.2) is 0 Å². The van der Waals surface area contributed by atoms with Crippen molar-refractivity contribution < 1.29 is 0 Å². The SMILES string of the molecule is CCCNC(C)(C)CC(C)C. The Morgan fingerprint density at radius 1 is 1.27 bits per heavy atom. The van der Waals surface area contributed by atoms with Crippen molar-refractivity contribution in [1.82, 2.24) is 5.32 Å². The largest absolute Gasteiger partial charge is 0.312 e. The van der Waals surface area contributed by atoms with E-state index >= 15 is 0 Å². The number of rotatable bonds is 5. The second kappa shape index (κ2) is 4.76. The lowest BCUT2D eigenvalue weighted by Crippen LogP contribution is -2.40. The van der Waals surface area contributed by atoms with Crippen molar-refractivity contribution in [3.05, 3.63) is 0 Å². The molecule has 0 radical (unpaired) electrons. The lowest BCUT2D eigenvalue weighted by molar-refractivity contribution is 0.319. The summed E-state index contributed by atoms with van der Waals surface area (Å²) in [5.41, 5.74) is 0.324. The minimum absolute atomic E-state index is 0.324. The van der Waals surface area contributed by atoms with E-state index in [-0.39, 0.29) is 0 Å². The molecule has 0 bridgehead atoms. The maximum atomic E-state index is 3.54. The van der Waals surface area contributed by atoms with Gasteiger partial charge >= 0.3 is 0 Å². The molecule has 11 heavy (non-hydrogen) atoms. The third kappa shape index (κ3) is 6.36. The molecule has 0 aliphatic rings. The van der Waals surface area contributed by atoms with Crippen molar-refractivity contribution in [2.24, 2.45) is 5.92 Å². The van der Waals surface area contributed by atoms with Gasteiger partial charge in [0.05, 0.1) is 0 Å². The number of nitrogens with one attached hydrogen (secondary N) is 1. The van der Waals surface area contributed by atoms with Gasteiger partial charge in [-0.1, -0.05) is 20.8 Å². The zero-order valence-corrected chi connectivity index (χ0v) is 8.70. The highest BCUT2D eigenvalue weighted by molar-refractivity contribution is 4.77. The zero-order valence-electron chi connectivity index (χ0n) is 8.70. The minimum Gasteiger partial charge on any atom is -0.312 e. The first kappa shape index (κ1) is 11.0. The van der Waals surface area contributed by atoms with Gasteiger partial charge < -0.3 is 5.32 Å². The molecule has 0 spiro atoms. The van der Waals surface area contributed by atoms with E-state index < -0.39 is 0 Å². The van der Waals surface area contributed by atoms with Crippen molar-refractivity contribution in [3.8, 4) is 0 Å². The monoisotopic (exact) mass is 157 g/mol. The van der Waals surface area contributed by atoms with Crippen LogP contribution >= 0.6 is 0 Å². The van der Waals surface area contributed by atoms with Crippen LogP contribution in [0.2, 0.25) is 0 Å². The van der Waals surface area contributed by atoms with Crippen molar-refractivity contribution in [1.29, 1.82) is 0 Å². The molecule has 0 unspecified atom stereocenters. The van der Waals surface area contributed by atoms with E-state index in [1.807, 2.05) is 0 Å². The van der Waals surface area contributed by atoms with Crippen LogP contribution in [0.3, 0.4) is 0 Å². The van der Waals surface area contributed by atoms with E-state index in [4.69, 9.17) is 0 Å². The van der Waals surface area contributed by atoms with E-state index in [0.717, 1.165) is 12.5 Å². The average molecular weight is 157 g/mol. The first-order valence-corrected chi connectivity index (χ1v) is 4.73. The lowest BCUT2D eigenvalue weighted by atomic mass is 9.93. The molecule has 1 nitrogen and oxygen atoms in total. The second-order valence-electron chi connectivity index (χ2n) is 4.41. The van der Waals surface area contributed by atoms with E-state index in [1.165, 1.54) is 12.8 Å². The molecule has 0 aromatic rings. The molecule has 0 aromatic carbocycles. The molecule has 1 N–H and O–H groups in total. The van der Waals surface area contributed by atoms with Crippen molar-refractivity contribution in [3.63, 3.8) is 0 Å². The Hall–Kier alpha value is -0.0400. The summed E-state index contributed by atoms with van der Waals surface area (Å²) >= 11 is 0. The van der Waals surface area contributed by atoms with Crippen LogP contribution in [0.4, 0.5) is 0 Å². The molecular weight excluding hydrogens is 134 g/mol. The Balaban J connectivity index is 3.61. The first-order chi connectivity index (χ1) is 4.98. The fraction of sp³-hybridized carbons (Fsp3) is 1.00. The Morgan fingerprint density at radius 2 is 1.82 bits per heavy atom. The summed E-state index contributed by atoms with van der Waals surface area (Å²) in [5.74, 6) is 0.786. The van der Waals surface area contributed by atoms with Gasteiger partial charge in [-0.25, -0.2) is 0 Å². The molecule has 1 heteroatoms. The number of hydrogen-bond acceptors (Lipinski definition) is 1. The van der Waals surface area contributed by atoms with Gasteiger partial charge in [-0.2, -0.15) is 0 Å². The van der Waals surface area contributed by atoms with Crippen LogP contribution in [-0.4, -0.2) is 12.1 Å². The fourth-order valence-electron chi connectivity index (χ4n) is 1.56. The van der Waals surface area contributed by atoms with Crippen LogP contribution in [0.5, 0.6) is 0 Å². The van der Waals surface area contributed by atoms with Crippen molar-refractivity contribution >= 4 is 0 Å². The van der Waals surface area contributed by atoms with Gasteiger partial charge in [0.25, 0.3) is 0 Å². The van der Waals surface area contributed by atoms with Crippen molar-refractivity contribution in [2.45, 2.75) is 53.0 Å². The van der Waals surface area contributed by atoms with Gasteiger partial charge in [-0.3, -0.25) is 0 Å². The van der Waals surface area contributed by atoms with E-state index in [0.29, 0.717) is 5.54 Å². The lowest BCUT2D eigenvalue weighted by Gasteiger charge is -2.28. The summed E-state index contributed by atoms with van der Waals surface area (Å²) < 4.78 is 0. The normalized spacial score (nSPS) is 12.5. The van der Waals surface area contributed by atoms with Crippen molar-refractivity contribution in [2.75, 3.05) is 6.54 Å². The third-order valence-corrected chi connectivity index (χ3v) is 1.77. The molecule has 0 heterocycles. The van der Waals surface area contributed by atoms with Crippen LogP contribution in [-0.2, 0) is 0 Å². The minimum atomic E-state index is 0.324. The highest BCUT2D eigenvalue weighted by Crippen LogP contribution is 2.14. The van der Waals surface area contributed by atoms with Crippen LogP contribution in [0.25, 0.3) is 0 Å². The molecule has 0 aliphatic heterocycles. The average Bonchev–Trinajstić information content (AvgIpc) is 1.81. The molecule has 0 rings (SSSR count). The zero-order chi connectivity index (χ0) is 8.91. The highest BCUT2D eigenvalue weighted by atomic mass is 14.9. The molecule has 0 saturated carbocycles. The Kier molecular flexibility index (Phi) is 4.74. The Labute approximate surface area is 71.6 Å². The predicted molar refractivity (Wildman–Crippen MR) is 51.8 cm³/mol. The summed E-state index contributed by atoms with van der Waals surface area (Å²) in [5, 5.41) is 3.54. The molecule has 0 saturated heterocycles. The van der Waals surface area contributed by atoms with Crippen LogP contribution < -0.4 is 5.32 Å². The Bertz CT molecular complexity index is 95.0.